The molecule has 0 heterocycles. The van der Waals surface area contributed by atoms with Crippen LogP contribution in [-0.2, 0) is 9.53 Å². The molecule has 4 nitrogen and oxygen atoms in total. The summed E-state index contributed by atoms with van der Waals surface area (Å²) < 4.78 is 5.33. The van der Waals surface area contributed by atoms with Crippen molar-refractivity contribution < 1.29 is 19.7 Å². The number of rotatable bonds is 3. The summed E-state index contributed by atoms with van der Waals surface area (Å²) in [6, 6.07) is 0. The maximum absolute atomic E-state index is 11.3. The van der Waals surface area contributed by atoms with Gasteiger partial charge < -0.3 is 14.9 Å². The monoisotopic (exact) mass is 226 g/mol. The zero-order valence-electron chi connectivity index (χ0n) is 9.21. The molecule has 0 aromatic rings. The standard InChI is InChI=1S/C12H18O4/c13-7-1-2-12(15)16-11-6-4-8-9(11)3-5-10(8)14/h1-2,8-11,13-14H,3-7H2/b2-1-/t8-,9-,10+,11-/m0/s1. The zero-order valence-corrected chi connectivity index (χ0v) is 9.21. The minimum Gasteiger partial charge on any atom is -0.459 e. The van der Waals surface area contributed by atoms with Crippen LogP contribution in [-0.4, -0.2) is 35.0 Å². The van der Waals surface area contributed by atoms with Gasteiger partial charge in [0.2, 0.25) is 0 Å². The number of hydrogen-bond acceptors (Lipinski definition) is 4. The first-order chi connectivity index (χ1) is 7.72. The maximum Gasteiger partial charge on any atom is 0.330 e. The van der Waals surface area contributed by atoms with Crippen LogP contribution in [0.1, 0.15) is 25.7 Å². The van der Waals surface area contributed by atoms with Crippen LogP contribution >= 0.6 is 0 Å². The Morgan fingerprint density at radius 3 is 2.75 bits per heavy atom. The highest BCUT2D eigenvalue weighted by molar-refractivity contribution is 5.82. The summed E-state index contributed by atoms with van der Waals surface area (Å²) in [5.41, 5.74) is 0. The van der Waals surface area contributed by atoms with Gasteiger partial charge in [0.1, 0.15) is 6.10 Å². The van der Waals surface area contributed by atoms with Crippen LogP contribution < -0.4 is 0 Å². The number of carbonyl (C=O) groups excluding carboxylic acids is 1. The van der Waals surface area contributed by atoms with Gasteiger partial charge in [0, 0.05) is 12.0 Å². The van der Waals surface area contributed by atoms with E-state index in [4.69, 9.17) is 9.84 Å². The molecule has 4 heteroatoms. The number of esters is 1. The Balaban J connectivity index is 1.87. The topological polar surface area (TPSA) is 66.8 Å². The number of ether oxygens (including phenoxy) is 1. The van der Waals surface area contributed by atoms with Gasteiger partial charge >= 0.3 is 5.97 Å². The second-order valence-electron chi connectivity index (χ2n) is 4.61. The predicted octanol–water partition coefficient (Wildman–Crippen LogP) is 0.628. The Bertz CT molecular complexity index is 287. The van der Waals surface area contributed by atoms with E-state index in [-0.39, 0.29) is 24.8 Å². The van der Waals surface area contributed by atoms with Crippen LogP contribution in [0.5, 0.6) is 0 Å². The maximum atomic E-state index is 11.3. The van der Waals surface area contributed by atoms with Crippen molar-refractivity contribution in [2.45, 2.75) is 37.9 Å². The van der Waals surface area contributed by atoms with Gasteiger partial charge in [-0.1, -0.05) is 6.08 Å². The first kappa shape index (κ1) is 11.6. The highest BCUT2D eigenvalue weighted by Crippen LogP contribution is 2.45. The molecule has 0 saturated heterocycles. The first-order valence-corrected chi connectivity index (χ1v) is 5.88. The summed E-state index contributed by atoms with van der Waals surface area (Å²) in [6.07, 6.45) is 5.97. The number of aliphatic hydroxyl groups excluding tert-OH is 2. The molecule has 2 aliphatic rings. The van der Waals surface area contributed by atoms with Crippen LogP contribution in [0.25, 0.3) is 0 Å². The highest BCUT2D eigenvalue weighted by atomic mass is 16.5. The highest BCUT2D eigenvalue weighted by Gasteiger charge is 2.45. The molecule has 0 radical (unpaired) electrons. The summed E-state index contributed by atoms with van der Waals surface area (Å²) in [5, 5.41) is 18.2. The Labute approximate surface area is 94.9 Å². The SMILES string of the molecule is O=C(/C=C\CO)O[C@H]1CC[C@H]2[C@@H]1CC[C@H]2O. The molecule has 0 bridgehead atoms. The molecule has 2 saturated carbocycles. The van der Waals surface area contributed by atoms with Crippen LogP contribution in [0.15, 0.2) is 12.2 Å². The van der Waals surface area contributed by atoms with E-state index in [9.17, 15) is 9.90 Å². The molecule has 0 spiro atoms. The lowest BCUT2D eigenvalue weighted by Crippen LogP contribution is -2.23. The van der Waals surface area contributed by atoms with E-state index in [2.05, 4.69) is 0 Å². The fraction of sp³-hybridized carbons (Fsp3) is 0.750. The van der Waals surface area contributed by atoms with Crippen molar-refractivity contribution in [1.29, 1.82) is 0 Å². The third-order valence-electron chi connectivity index (χ3n) is 3.73. The summed E-state index contributed by atoms with van der Waals surface area (Å²) in [4.78, 5) is 11.3. The van der Waals surface area contributed by atoms with Gasteiger partial charge in [-0.2, -0.15) is 0 Å². The lowest BCUT2D eigenvalue weighted by atomic mass is 9.98. The molecule has 0 unspecified atom stereocenters. The van der Waals surface area contributed by atoms with Gasteiger partial charge in [0.25, 0.3) is 0 Å². The molecule has 2 rings (SSSR count). The van der Waals surface area contributed by atoms with Crippen molar-refractivity contribution in [3.05, 3.63) is 12.2 Å². The largest absolute Gasteiger partial charge is 0.459 e. The molecule has 4 atom stereocenters. The lowest BCUT2D eigenvalue weighted by molar-refractivity contribution is -0.144. The summed E-state index contributed by atoms with van der Waals surface area (Å²) >= 11 is 0. The van der Waals surface area contributed by atoms with E-state index >= 15 is 0 Å². The van der Waals surface area contributed by atoms with Gasteiger partial charge in [-0.05, 0) is 31.6 Å². The van der Waals surface area contributed by atoms with Gasteiger partial charge in [-0.15, -0.1) is 0 Å². The first-order valence-electron chi connectivity index (χ1n) is 5.88. The third kappa shape index (κ3) is 2.28. The molecular formula is C12H18O4. The minimum atomic E-state index is -0.388. The van der Waals surface area contributed by atoms with E-state index in [0.717, 1.165) is 25.7 Å². The number of carbonyl (C=O) groups is 1. The molecule has 0 amide bonds. The normalized spacial score (nSPS) is 37.9. The number of fused-ring (bicyclic) bond motifs is 1. The molecule has 0 aliphatic heterocycles. The molecule has 2 N–H and O–H groups in total. The second kappa shape index (κ2) is 4.97. The van der Waals surface area contributed by atoms with E-state index in [1.807, 2.05) is 0 Å². The molecule has 90 valence electrons. The van der Waals surface area contributed by atoms with E-state index in [0.29, 0.717) is 11.8 Å². The van der Waals surface area contributed by atoms with Gasteiger partial charge in [-0.3, -0.25) is 0 Å². The molecule has 0 aromatic carbocycles. The van der Waals surface area contributed by atoms with Crippen LogP contribution in [0, 0.1) is 11.8 Å². The minimum absolute atomic E-state index is 0.0435. The van der Waals surface area contributed by atoms with Crippen molar-refractivity contribution in [3.8, 4) is 0 Å². The summed E-state index contributed by atoms with van der Waals surface area (Å²) in [5.74, 6) is 0.266. The van der Waals surface area contributed by atoms with E-state index < -0.39 is 0 Å². The Hall–Kier alpha value is -0.870. The third-order valence-corrected chi connectivity index (χ3v) is 3.73. The average molecular weight is 226 g/mol. The Kier molecular flexibility index (Phi) is 3.61. The quantitative estimate of drug-likeness (QED) is 0.547. The fourth-order valence-electron chi connectivity index (χ4n) is 3.00. The zero-order chi connectivity index (χ0) is 11.5. The van der Waals surface area contributed by atoms with Gasteiger partial charge in [0.15, 0.2) is 0 Å². The molecular weight excluding hydrogens is 208 g/mol. The summed E-state index contributed by atoms with van der Waals surface area (Å²) in [6.45, 7) is -0.148. The number of hydrogen-bond donors (Lipinski definition) is 2. The fourth-order valence-corrected chi connectivity index (χ4v) is 3.00. The summed E-state index contributed by atoms with van der Waals surface area (Å²) in [7, 11) is 0. The van der Waals surface area contributed by atoms with E-state index in [1.165, 1.54) is 12.2 Å². The van der Waals surface area contributed by atoms with Crippen LogP contribution in [0.3, 0.4) is 0 Å². The van der Waals surface area contributed by atoms with Crippen molar-refractivity contribution in [2.75, 3.05) is 6.61 Å². The molecule has 2 fully saturated rings. The molecule has 16 heavy (non-hydrogen) atoms. The van der Waals surface area contributed by atoms with Crippen LogP contribution in [0.2, 0.25) is 0 Å². The van der Waals surface area contributed by atoms with Crippen molar-refractivity contribution in [1.82, 2.24) is 0 Å². The molecule has 2 aliphatic carbocycles. The number of aliphatic hydroxyl groups is 2. The Morgan fingerprint density at radius 1 is 1.25 bits per heavy atom. The lowest BCUT2D eigenvalue weighted by Gasteiger charge is -2.18. The van der Waals surface area contributed by atoms with Gasteiger partial charge in [-0.25, -0.2) is 4.79 Å². The van der Waals surface area contributed by atoms with Crippen molar-refractivity contribution >= 4 is 5.97 Å². The van der Waals surface area contributed by atoms with Crippen molar-refractivity contribution in [3.63, 3.8) is 0 Å². The van der Waals surface area contributed by atoms with Crippen LogP contribution in [0.4, 0.5) is 0 Å². The predicted molar refractivity (Wildman–Crippen MR) is 57.6 cm³/mol. The average Bonchev–Trinajstić information content (AvgIpc) is 2.81. The smallest absolute Gasteiger partial charge is 0.330 e. The van der Waals surface area contributed by atoms with Crippen molar-refractivity contribution in [2.24, 2.45) is 11.8 Å². The second-order valence-corrected chi connectivity index (χ2v) is 4.61. The van der Waals surface area contributed by atoms with E-state index in [1.54, 1.807) is 0 Å². The van der Waals surface area contributed by atoms with Gasteiger partial charge in [0.05, 0.1) is 12.7 Å². The molecule has 0 aromatic heterocycles. The Morgan fingerprint density at radius 2 is 2.00 bits per heavy atom.